The average Bonchev–Trinajstić information content (AvgIpc) is 2.84. The van der Waals surface area contributed by atoms with Gasteiger partial charge in [-0.1, -0.05) is 54.6 Å². The number of fused-ring (bicyclic) bond motifs is 1. The van der Waals surface area contributed by atoms with Crippen LogP contribution in [0.2, 0.25) is 0 Å². The van der Waals surface area contributed by atoms with Crippen molar-refractivity contribution in [2.24, 2.45) is 0 Å². The Morgan fingerprint density at radius 2 is 1.64 bits per heavy atom. The summed E-state index contributed by atoms with van der Waals surface area (Å²) in [5, 5.41) is 5.07. The summed E-state index contributed by atoms with van der Waals surface area (Å²) in [7, 11) is 0. The quantitative estimate of drug-likeness (QED) is 0.603. The molecule has 0 bridgehead atoms. The van der Waals surface area contributed by atoms with Gasteiger partial charge in [-0.3, -0.25) is 9.59 Å². The average molecular weight is 446 g/mol. The van der Waals surface area contributed by atoms with Gasteiger partial charge in [0.2, 0.25) is 11.8 Å². The van der Waals surface area contributed by atoms with E-state index in [2.05, 4.69) is 16.3 Å². The number of hydrogen-bond acceptors (Lipinski definition) is 4. The van der Waals surface area contributed by atoms with Crippen molar-refractivity contribution < 1.29 is 14.3 Å². The summed E-state index contributed by atoms with van der Waals surface area (Å²) in [4.78, 5) is 29.7. The van der Waals surface area contributed by atoms with E-state index >= 15 is 0 Å². The molecule has 6 nitrogen and oxygen atoms in total. The third-order valence-corrected chi connectivity index (χ3v) is 6.08. The molecule has 3 aromatic carbocycles. The number of amides is 2. The molecular formula is C27H31N3O3. The van der Waals surface area contributed by atoms with Crippen LogP contribution >= 0.6 is 0 Å². The Labute approximate surface area is 195 Å². The lowest BCUT2D eigenvalue weighted by Crippen LogP contribution is -2.54. The molecule has 1 atom stereocenters. The zero-order valence-corrected chi connectivity index (χ0v) is 19.3. The molecule has 0 saturated carbocycles. The van der Waals surface area contributed by atoms with E-state index in [1.807, 2.05) is 72.5 Å². The SMILES string of the molecule is CCOc1ccccc1N1CCN(C(=O)[C@@H](C)NC(=O)Cc2cccc3ccccc23)CC1. The molecule has 0 unspecified atom stereocenters. The molecule has 172 valence electrons. The maximum absolute atomic E-state index is 13.0. The fourth-order valence-corrected chi connectivity index (χ4v) is 4.41. The van der Waals surface area contributed by atoms with Crippen molar-refractivity contribution in [3.63, 3.8) is 0 Å². The van der Waals surface area contributed by atoms with Gasteiger partial charge in [-0.2, -0.15) is 0 Å². The second-order valence-electron chi connectivity index (χ2n) is 8.32. The fraction of sp³-hybridized carbons (Fsp3) is 0.333. The lowest BCUT2D eigenvalue weighted by atomic mass is 10.0. The second kappa shape index (κ2) is 10.4. The lowest BCUT2D eigenvalue weighted by molar-refractivity contribution is -0.136. The van der Waals surface area contributed by atoms with E-state index in [1.165, 1.54) is 0 Å². The summed E-state index contributed by atoms with van der Waals surface area (Å²) in [5.74, 6) is 0.685. The highest BCUT2D eigenvalue weighted by Gasteiger charge is 2.27. The Kier molecular flexibility index (Phi) is 7.13. The van der Waals surface area contributed by atoms with Gasteiger partial charge in [0.25, 0.3) is 0 Å². The summed E-state index contributed by atoms with van der Waals surface area (Å²) in [6.07, 6.45) is 0.251. The number of ether oxygens (including phenoxy) is 1. The molecule has 1 heterocycles. The Balaban J connectivity index is 1.32. The number of piperazine rings is 1. The maximum atomic E-state index is 13.0. The predicted octanol–water partition coefficient (Wildman–Crippen LogP) is 3.63. The van der Waals surface area contributed by atoms with Crippen LogP contribution < -0.4 is 15.0 Å². The van der Waals surface area contributed by atoms with Crippen LogP contribution in [-0.2, 0) is 16.0 Å². The van der Waals surface area contributed by atoms with E-state index < -0.39 is 6.04 Å². The van der Waals surface area contributed by atoms with E-state index in [0.717, 1.165) is 40.9 Å². The van der Waals surface area contributed by atoms with Crippen molar-refractivity contribution in [2.75, 3.05) is 37.7 Å². The molecule has 33 heavy (non-hydrogen) atoms. The van der Waals surface area contributed by atoms with Crippen molar-refractivity contribution >= 4 is 28.3 Å². The van der Waals surface area contributed by atoms with Crippen molar-refractivity contribution in [3.8, 4) is 5.75 Å². The van der Waals surface area contributed by atoms with Crippen LogP contribution in [0.1, 0.15) is 19.4 Å². The van der Waals surface area contributed by atoms with E-state index in [1.54, 1.807) is 6.92 Å². The number of nitrogens with zero attached hydrogens (tertiary/aromatic N) is 2. The summed E-state index contributed by atoms with van der Waals surface area (Å²) in [6.45, 7) is 7.04. The second-order valence-corrected chi connectivity index (χ2v) is 8.32. The van der Waals surface area contributed by atoms with Crippen molar-refractivity contribution in [2.45, 2.75) is 26.3 Å². The molecular weight excluding hydrogens is 414 g/mol. The first-order valence-corrected chi connectivity index (χ1v) is 11.6. The van der Waals surface area contributed by atoms with Crippen LogP contribution in [0.3, 0.4) is 0 Å². The first-order chi connectivity index (χ1) is 16.1. The highest BCUT2D eigenvalue weighted by molar-refractivity contribution is 5.92. The normalized spacial score (nSPS) is 14.7. The van der Waals surface area contributed by atoms with Gasteiger partial charge in [0, 0.05) is 26.2 Å². The van der Waals surface area contributed by atoms with Crippen LogP contribution in [0.5, 0.6) is 5.75 Å². The van der Waals surface area contributed by atoms with Crippen LogP contribution in [0.25, 0.3) is 10.8 Å². The van der Waals surface area contributed by atoms with E-state index in [9.17, 15) is 9.59 Å². The first-order valence-electron chi connectivity index (χ1n) is 11.6. The summed E-state index contributed by atoms with van der Waals surface area (Å²) >= 11 is 0. The fourth-order valence-electron chi connectivity index (χ4n) is 4.41. The topological polar surface area (TPSA) is 61.9 Å². The number of carbonyl (C=O) groups excluding carboxylic acids is 2. The molecule has 0 spiro atoms. The minimum absolute atomic E-state index is 0.0426. The third kappa shape index (κ3) is 5.28. The van der Waals surface area contributed by atoms with Gasteiger partial charge < -0.3 is 19.9 Å². The van der Waals surface area contributed by atoms with Gasteiger partial charge in [-0.25, -0.2) is 0 Å². The third-order valence-electron chi connectivity index (χ3n) is 6.08. The van der Waals surface area contributed by atoms with E-state index in [-0.39, 0.29) is 18.2 Å². The number of rotatable bonds is 7. The number of benzene rings is 3. The van der Waals surface area contributed by atoms with Gasteiger partial charge in [-0.05, 0) is 42.3 Å². The van der Waals surface area contributed by atoms with Crippen LogP contribution in [0, 0.1) is 0 Å². The number of nitrogens with one attached hydrogen (secondary N) is 1. The zero-order valence-electron chi connectivity index (χ0n) is 19.3. The molecule has 0 aliphatic carbocycles. The van der Waals surface area contributed by atoms with E-state index in [0.29, 0.717) is 19.7 Å². The molecule has 1 fully saturated rings. The standard InChI is InChI=1S/C27H31N3O3/c1-3-33-25-14-7-6-13-24(25)29-15-17-30(18-16-29)27(32)20(2)28-26(31)19-22-11-8-10-21-9-4-5-12-23(21)22/h4-14,20H,3,15-19H2,1-2H3,(H,28,31)/t20-/m1/s1. The minimum atomic E-state index is -0.560. The van der Waals surface area contributed by atoms with E-state index in [4.69, 9.17) is 4.74 Å². The molecule has 1 aliphatic rings. The molecule has 0 radical (unpaired) electrons. The summed E-state index contributed by atoms with van der Waals surface area (Å²) in [5.41, 5.74) is 2.02. The Hall–Kier alpha value is -3.54. The highest BCUT2D eigenvalue weighted by Crippen LogP contribution is 2.29. The highest BCUT2D eigenvalue weighted by atomic mass is 16.5. The van der Waals surface area contributed by atoms with Gasteiger partial charge in [0.1, 0.15) is 11.8 Å². The van der Waals surface area contributed by atoms with Crippen molar-refractivity contribution in [3.05, 3.63) is 72.3 Å². The first kappa shape index (κ1) is 22.6. The molecule has 6 heteroatoms. The lowest BCUT2D eigenvalue weighted by Gasteiger charge is -2.37. The zero-order chi connectivity index (χ0) is 23.2. The maximum Gasteiger partial charge on any atom is 0.244 e. The summed E-state index contributed by atoms with van der Waals surface area (Å²) < 4.78 is 5.75. The molecule has 3 aromatic rings. The molecule has 2 amide bonds. The minimum Gasteiger partial charge on any atom is -0.492 e. The monoisotopic (exact) mass is 445 g/mol. The van der Waals surface area contributed by atoms with Gasteiger partial charge in [-0.15, -0.1) is 0 Å². The number of anilines is 1. The smallest absolute Gasteiger partial charge is 0.244 e. The Bertz CT molecular complexity index is 1120. The summed E-state index contributed by atoms with van der Waals surface area (Å²) in [6, 6.07) is 21.4. The largest absolute Gasteiger partial charge is 0.492 e. The van der Waals surface area contributed by atoms with Crippen molar-refractivity contribution in [1.82, 2.24) is 10.2 Å². The number of para-hydroxylation sites is 2. The Morgan fingerprint density at radius 1 is 0.939 bits per heavy atom. The van der Waals surface area contributed by atoms with Crippen molar-refractivity contribution in [1.29, 1.82) is 0 Å². The molecule has 1 N–H and O–H groups in total. The molecule has 1 saturated heterocycles. The van der Waals surface area contributed by atoms with Crippen LogP contribution in [-0.4, -0.2) is 55.5 Å². The van der Waals surface area contributed by atoms with Gasteiger partial charge in [0.05, 0.1) is 18.7 Å². The van der Waals surface area contributed by atoms with Gasteiger partial charge >= 0.3 is 0 Å². The Morgan fingerprint density at radius 3 is 2.42 bits per heavy atom. The molecule has 4 rings (SSSR count). The number of hydrogen-bond donors (Lipinski definition) is 1. The predicted molar refractivity (Wildman–Crippen MR) is 132 cm³/mol. The number of carbonyl (C=O) groups is 2. The van der Waals surface area contributed by atoms with Crippen LogP contribution in [0.4, 0.5) is 5.69 Å². The molecule has 0 aromatic heterocycles. The van der Waals surface area contributed by atoms with Gasteiger partial charge in [0.15, 0.2) is 0 Å². The van der Waals surface area contributed by atoms with Crippen LogP contribution in [0.15, 0.2) is 66.7 Å². The molecule has 1 aliphatic heterocycles.